The molecule has 0 aliphatic rings. The highest BCUT2D eigenvalue weighted by atomic mass is 35.5. The van der Waals surface area contributed by atoms with Gasteiger partial charge in [0.25, 0.3) is 5.91 Å². The first kappa shape index (κ1) is 19.7. The van der Waals surface area contributed by atoms with Gasteiger partial charge in [-0.2, -0.15) is 0 Å². The molecule has 1 heterocycles. The second-order valence-electron chi connectivity index (χ2n) is 6.23. The van der Waals surface area contributed by atoms with Gasteiger partial charge in [-0.25, -0.2) is 9.37 Å². The number of carbonyl (C=O) groups excluding carboxylic acids is 1. The van der Waals surface area contributed by atoms with Crippen LogP contribution in [0.4, 0.5) is 9.52 Å². The van der Waals surface area contributed by atoms with E-state index in [0.717, 1.165) is 24.3 Å². The molecule has 0 atom stereocenters. The lowest BCUT2D eigenvalue weighted by molar-refractivity contribution is -0.894. The largest absolute Gasteiger partial charge is 0.334 e. The van der Waals surface area contributed by atoms with Crippen LogP contribution in [0.25, 0.3) is 10.2 Å². The summed E-state index contributed by atoms with van der Waals surface area (Å²) in [6, 6.07) is 11.8. The maximum absolute atomic E-state index is 14.1. The number of hydrogen-bond acceptors (Lipinski definition) is 3. The molecule has 0 fully saturated rings. The average Bonchev–Trinajstić information content (AvgIpc) is 3.10. The molecule has 1 amide bonds. The van der Waals surface area contributed by atoms with Crippen molar-refractivity contribution in [2.45, 2.75) is 13.8 Å². The Kier molecular flexibility index (Phi) is 6.42. The number of carbonyl (C=O) groups is 1. The molecule has 0 saturated carbocycles. The summed E-state index contributed by atoms with van der Waals surface area (Å²) in [4.78, 5) is 20.6. The average molecular weight is 407 g/mol. The number of nitrogens with one attached hydrogen (secondary N) is 1. The Labute approximate surface area is 167 Å². The third-order valence-corrected chi connectivity index (χ3v) is 6.00. The Bertz CT molecular complexity index is 942. The van der Waals surface area contributed by atoms with Gasteiger partial charge in [0.1, 0.15) is 11.3 Å². The van der Waals surface area contributed by atoms with Crippen LogP contribution in [0.3, 0.4) is 0 Å². The first-order chi connectivity index (χ1) is 13.0. The summed E-state index contributed by atoms with van der Waals surface area (Å²) in [6.07, 6.45) is 0. The topological polar surface area (TPSA) is 37.6 Å². The highest BCUT2D eigenvalue weighted by Gasteiger charge is 2.24. The number of likely N-dealkylation sites (N-methyl/N-ethyl adjacent to an activating group) is 1. The number of hydrogen-bond donors (Lipinski definition) is 1. The van der Waals surface area contributed by atoms with Gasteiger partial charge < -0.3 is 4.90 Å². The summed E-state index contributed by atoms with van der Waals surface area (Å²) < 4.78 is 14.8. The zero-order chi connectivity index (χ0) is 19.4. The van der Waals surface area contributed by atoms with Gasteiger partial charge in [0.05, 0.1) is 41.5 Å². The van der Waals surface area contributed by atoms with Crippen LogP contribution in [-0.4, -0.2) is 37.1 Å². The van der Waals surface area contributed by atoms with E-state index in [9.17, 15) is 9.18 Å². The van der Waals surface area contributed by atoms with Gasteiger partial charge in [0.15, 0.2) is 5.13 Å². The molecule has 0 radical (unpaired) electrons. The normalized spacial score (nSPS) is 11.3. The highest BCUT2D eigenvalue weighted by molar-refractivity contribution is 7.22. The molecular weight excluding hydrogens is 385 g/mol. The summed E-state index contributed by atoms with van der Waals surface area (Å²) in [5.41, 5.74) is 0.720. The van der Waals surface area contributed by atoms with E-state index >= 15 is 0 Å². The smallest absolute Gasteiger partial charge is 0.261 e. The number of aromatic nitrogens is 1. The number of amides is 1. The number of fused-ring (bicyclic) bond motifs is 1. The van der Waals surface area contributed by atoms with Crippen LogP contribution in [-0.2, 0) is 0 Å². The zero-order valence-electron chi connectivity index (χ0n) is 15.3. The summed E-state index contributed by atoms with van der Waals surface area (Å²) >= 11 is 7.56. The van der Waals surface area contributed by atoms with E-state index in [4.69, 9.17) is 11.6 Å². The van der Waals surface area contributed by atoms with Crippen molar-refractivity contribution in [1.29, 1.82) is 0 Å². The van der Waals surface area contributed by atoms with E-state index in [1.54, 1.807) is 35.2 Å². The third kappa shape index (κ3) is 4.29. The second kappa shape index (κ2) is 8.78. The fourth-order valence-electron chi connectivity index (χ4n) is 2.96. The Morgan fingerprint density at radius 1 is 1.19 bits per heavy atom. The lowest BCUT2D eigenvalue weighted by Crippen LogP contribution is -3.12. The molecule has 1 N–H and O–H groups in total. The number of anilines is 1. The van der Waals surface area contributed by atoms with Crippen molar-refractivity contribution in [2.24, 2.45) is 0 Å². The first-order valence-corrected chi connectivity index (χ1v) is 10.2. The Morgan fingerprint density at radius 3 is 2.59 bits per heavy atom. The predicted octanol–water partition coefficient (Wildman–Crippen LogP) is 3.66. The van der Waals surface area contributed by atoms with E-state index in [1.165, 1.54) is 22.3 Å². The van der Waals surface area contributed by atoms with Crippen molar-refractivity contribution in [3.63, 3.8) is 0 Å². The van der Waals surface area contributed by atoms with E-state index < -0.39 is 0 Å². The summed E-state index contributed by atoms with van der Waals surface area (Å²) in [6.45, 7) is 7.44. The maximum Gasteiger partial charge on any atom is 0.261 e. The van der Waals surface area contributed by atoms with Crippen molar-refractivity contribution < 1.29 is 14.1 Å². The monoisotopic (exact) mass is 406 g/mol. The van der Waals surface area contributed by atoms with Crippen molar-refractivity contribution in [3.8, 4) is 0 Å². The van der Waals surface area contributed by atoms with Crippen molar-refractivity contribution in [2.75, 3.05) is 31.1 Å². The molecule has 0 unspecified atom stereocenters. The molecule has 0 saturated heterocycles. The van der Waals surface area contributed by atoms with Gasteiger partial charge in [-0.3, -0.25) is 9.69 Å². The van der Waals surface area contributed by atoms with Crippen LogP contribution in [0.1, 0.15) is 24.2 Å². The summed E-state index contributed by atoms with van der Waals surface area (Å²) in [5, 5.41) is 0.890. The summed E-state index contributed by atoms with van der Waals surface area (Å²) in [5.74, 6) is -0.596. The number of quaternary nitrogens is 1. The third-order valence-electron chi connectivity index (χ3n) is 4.63. The lowest BCUT2D eigenvalue weighted by atomic mass is 10.2. The minimum absolute atomic E-state index is 0.216. The molecule has 142 valence electrons. The fourth-order valence-corrected chi connectivity index (χ4v) is 4.18. The van der Waals surface area contributed by atoms with E-state index in [0.29, 0.717) is 27.8 Å². The van der Waals surface area contributed by atoms with Gasteiger partial charge >= 0.3 is 0 Å². The van der Waals surface area contributed by atoms with Crippen LogP contribution in [0.5, 0.6) is 0 Å². The van der Waals surface area contributed by atoms with E-state index in [-0.39, 0.29) is 11.7 Å². The molecule has 3 aromatic rings. The SMILES string of the molecule is CC[NH+](CC)CCN(C(=O)c1ccccc1Cl)c1nc2c(F)cccc2s1. The minimum Gasteiger partial charge on any atom is -0.334 e. The molecule has 3 rings (SSSR count). The number of rotatable bonds is 7. The van der Waals surface area contributed by atoms with Gasteiger partial charge in [-0.1, -0.05) is 41.1 Å². The van der Waals surface area contributed by atoms with Gasteiger partial charge in [-0.15, -0.1) is 0 Å². The molecule has 0 spiro atoms. The van der Waals surface area contributed by atoms with Crippen LogP contribution in [0.2, 0.25) is 5.02 Å². The van der Waals surface area contributed by atoms with Crippen molar-refractivity contribution in [1.82, 2.24) is 4.98 Å². The Hall–Kier alpha value is -2.02. The van der Waals surface area contributed by atoms with E-state index in [2.05, 4.69) is 18.8 Å². The molecule has 0 aliphatic heterocycles. The number of halogens is 2. The molecule has 0 bridgehead atoms. The number of nitrogens with zero attached hydrogens (tertiary/aromatic N) is 2. The predicted molar refractivity (Wildman–Crippen MR) is 110 cm³/mol. The first-order valence-electron chi connectivity index (χ1n) is 9.00. The number of benzene rings is 2. The van der Waals surface area contributed by atoms with Crippen LogP contribution in [0.15, 0.2) is 42.5 Å². The van der Waals surface area contributed by atoms with E-state index in [1.807, 2.05) is 6.07 Å². The number of thiazole rings is 1. The molecular formula is C20H22ClFN3OS+. The standard InChI is InChI=1S/C20H21ClFN3OS/c1-3-24(4-2)12-13-25(19(26)14-8-5-6-9-15(14)21)20-23-18-16(22)10-7-11-17(18)27-20/h5-11H,3-4,12-13H2,1-2H3/p+1. The molecule has 7 heteroatoms. The quantitative estimate of drug-likeness (QED) is 0.650. The molecule has 4 nitrogen and oxygen atoms in total. The molecule has 0 aliphatic carbocycles. The van der Waals surface area contributed by atoms with Crippen LogP contribution >= 0.6 is 22.9 Å². The number of para-hydroxylation sites is 1. The minimum atomic E-state index is -0.380. The van der Waals surface area contributed by atoms with Crippen LogP contribution < -0.4 is 9.80 Å². The Balaban J connectivity index is 1.99. The molecule has 2 aromatic carbocycles. The van der Waals surface area contributed by atoms with Crippen LogP contribution in [0, 0.1) is 5.82 Å². The Morgan fingerprint density at radius 2 is 1.93 bits per heavy atom. The maximum atomic E-state index is 14.1. The summed E-state index contributed by atoms with van der Waals surface area (Å²) in [7, 11) is 0. The fraction of sp³-hybridized carbons (Fsp3) is 0.300. The highest BCUT2D eigenvalue weighted by Crippen LogP contribution is 2.31. The van der Waals surface area contributed by atoms with Crippen molar-refractivity contribution >= 4 is 44.2 Å². The zero-order valence-corrected chi connectivity index (χ0v) is 16.9. The van der Waals surface area contributed by atoms with Gasteiger partial charge in [-0.05, 0) is 38.1 Å². The van der Waals surface area contributed by atoms with Gasteiger partial charge in [0, 0.05) is 0 Å². The van der Waals surface area contributed by atoms with Crippen molar-refractivity contribution in [3.05, 3.63) is 58.9 Å². The van der Waals surface area contributed by atoms with Gasteiger partial charge in [0.2, 0.25) is 0 Å². The molecule has 27 heavy (non-hydrogen) atoms. The second-order valence-corrected chi connectivity index (χ2v) is 7.64. The lowest BCUT2D eigenvalue weighted by Gasteiger charge is -2.23. The molecule has 1 aromatic heterocycles.